The van der Waals surface area contributed by atoms with Crippen molar-refractivity contribution in [2.45, 2.75) is 6.42 Å². The second-order valence-corrected chi connectivity index (χ2v) is 6.54. The zero-order chi connectivity index (χ0) is 14.6. The minimum absolute atomic E-state index is 0.170. The van der Waals surface area contributed by atoms with Gasteiger partial charge in [-0.05, 0) is 18.3 Å². The van der Waals surface area contributed by atoms with Gasteiger partial charge in [0.15, 0.2) is 5.13 Å². The summed E-state index contributed by atoms with van der Waals surface area (Å²) >= 11 is 1.30. The van der Waals surface area contributed by atoms with Gasteiger partial charge in [0, 0.05) is 11.6 Å². The standard InChI is InChI=1S/C14H13N3O3S/c18-9(16-14-15-3-4-21-14)6-17-12(19)10-7-1-2-8(5-7)11(10)13(17)20/h1-4,7-8,10-11H,5-6H2,(H,15,16,18). The number of hydrogen-bond donors (Lipinski definition) is 1. The minimum atomic E-state index is -0.382. The number of anilines is 1. The maximum absolute atomic E-state index is 12.4. The van der Waals surface area contributed by atoms with E-state index in [1.807, 2.05) is 12.2 Å². The zero-order valence-corrected chi connectivity index (χ0v) is 11.9. The van der Waals surface area contributed by atoms with Crippen molar-refractivity contribution in [2.75, 3.05) is 11.9 Å². The van der Waals surface area contributed by atoms with Crippen molar-refractivity contribution in [1.82, 2.24) is 9.88 Å². The van der Waals surface area contributed by atoms with Crippen LogP contribution >= 0.6 is 11.3 Å². The molecular formula is C14H13N3O3S. The number of carbonyl (C=O) groups is 3. The number of fused-ring (bicyclic) bond motifs is 5. The van der Waals surface area contributed by atoms with E-state index in [9.17, 15) is 14.4 Å². The molecule has 6 nitrogen and oxygen atoms in total. The van der Waals surface area contributed by atoms with Crippen molar-refractivity contribution in [2.24, 2.45) is 23.7 Å². The van der Waals surface area contributed by atoms with Crippen molar-refractivity contribution in [3.05, 3.63) is 23.7 Å². The van der Waals surface area contributed by atoms with E-state index in [0.717, 1.165) is 11.3 Å². The van der Waals surface area contributed by atoms with Crippen LogP contribution in [0.4, 0.5) is 5.13 Å². The molecule has 2 fully saturated rings. The SMILES string of the molecule is O=C(CN1C(=O)C2C3C=CC(C3)C2C1=O)Nc1nccs1. The van der Waals surface area contributed by atoms with Crippen LogP contribution in [0.3, 0.4) is 0 Å². The van der Waals surface area contributed by atoms with Gasteiger partial charge in [-0.2, -0.15) is 0 Å². The average molecular weight is 303 g/mol. The lowest BCUT2D eigenvalue weighted by Gasteiger charge is -2.16. The Morgan fingerprint density at radius 3 is 2.52 bits per heavy atom. The molecule has 1 aromatic rings. The summed E-state index contributed by atoms with van der Waals surface area (Å²) in [5, 5.41) is 4.82. The van der Waals surface area contributed by atoms with Crippen LogP contribution in [-0.2, 0) is 14.4 Å². The van der Waals surface area contributed by atoms with Crippen molar-refractivity contribution in [3.63, 3.8) is 0 Å². The molecule has 0 aromatic carbocycles. The third-order valence-electron chi connectivity index (χ3n) is 4.54. The van der Waals surface area contributed by atoms with Crippen LogP contribution < -0.4 is 5.32 Å². The third kappa shape index (κ3) is 1.84. The van der Waals surface area contributed by atoms with Crippen LogP contribution in [0, 0.1) is 23.7 Å². The molecule has 1 N–H and O–H groups in total. The summed E-state index contributed by atoms with van der Waals surface area (Å²) in [4.78, 5) is 41.8. The molecule has 108 valence electrons. The zero-order valence-electron chi connectivity index (χ0n) is 11.1. The number of imide groups is 1. The topological polar surface area (TPSA) is 79.4 Å². The molecule has 3 aliphatic rings. The Morgan fingerprint density at radius 2 is 1.95 bits per heavy atom. The number of hydrogen-bond acceptors (Lipinski definition) is 5. The molecule has 4 rings (SSSR count). The average Bonchev–Trinajstić information content (AvgIpc) is 3.20. The van der Waals surface area contributed by atoms with Gasteiger partial charge in [-0.15, -0.1) is 11.3 Å². The molecule has 7 heteroatoms. The van der Waals surface area contributed by atoms with E-state index in [-0.39, 0.29) is 47.9 Å². The molecule has 4 unspecified atom stereocenters. The molecule has 2 heterocycles. The largest absolute Gasteiger partial charge is 0.300 e. The highest BCUT2D eigenvalue weighted by molar-refractivity contribution is 7.13. The van der Waals surface area contributed by atoms with Crippen LogP contribution in [-0.4, -0.2) is 34.2 Å². The Labute approximate surface area is 124 Å². The third-order valence-corrected chi connectivity index (χ3v) is 5.23. The molecule has 2 aliphatic carbocycles. The fraction of sp³-hybridized carbons (Fsp3) is 0.429. The van der Waals surface area contributed by atoms with Gasteiger partial charge >= 0.3 is 0 Å². The fourth-order valence-corrected chi connectivity index (χ4v) is 4.25. The summed E-state index contributed by atoms with van der Waals surface area (Å²) in [7, 11) is 0. The summed E-state index contributed by atoms with van der Waals surface area (Å²) in [5.41, 5.74) is 0. The summed E-state index contributed by atoms with van der Waals surface area (Å²) in [6.07, 6.45) is 6.55. The maximum Gasteiger partial charge on any atom is 0.246 e. The molecule has 1 aliphatic heterocycles. The Balaban J connectivity index is 1.48. The monoisotopic (exact) mass is 303 g/mol. The van der Waals surface area contributed by atoms with E-state index in [0.29, 0.717) is 5.13 Å². The van der Waals surface area contributed by atoms with Crippen molar-refractivity contribution < 1.29 is 14.4 Å². The molecule has 0 spiro atoms. The molecular weight excluding hydrogens is 290 g/mol. The van der Waals surface area contributed by atoms with Crippen LogP contribution in [0.1, 0.15) is 6.42 Å². The highest BCUT2D eigenvalue weighted by Crippen LogP contribution is 2.52. The maximum atomic E-state index is 12.4. The number of amides is 3. The second-order valence-electron chi connectivity index (χ2n) is 5.65. The van der Waals surface area contributed by atoms with Gasteiger partial charge in [0.1, 0.15) is 6.54 Å². The van der Waals surface area contributed by atoms with E-state index >= 15 is 0 Å². The molecule has 0 radical (unpaired) electrons. The highest BCUT2D eigenvalue weighted by atomic mass is 32.1. The number of thiazole rings is 1. The van der Waals surface area contributed by atoms with Crippen LogP contribution in [0.25, 0.3) is 0 Å². The van der Waals surface area contributed by atoms with Crippen molar-refractivity contribution in [3.8, 4) is 0 Å². The first-order valence-electron chi connectivity index (χ1n) is 6.88. The molecule has 3 amide bonds. The number of likely N-dealkylation sites (tertiary alicyclic amines) is 1. The molecule has 4 atom stereocenters. The van der Waals surface area contributed by atoms with Gasteiger partial charge in [-0.1, -0.05) is 12.2 Å². The van der Waals surface area contributed by atoms with Gasteiger partial charge in [0.2, 0.25) is 17.7 Å². The Hall–Kier alpha value is -2.02. The number of nitrogens with one attached hydrogen (secondary N) is 1. The van der Waals surface area contributed by atoms with Gasteiger partial charge in [0.05, 0.1) is 11.8 Å². The van der Waals surface area contributed by atoms with Gasteiger partial charge in [0.25, 0.3) is 0 Å². The highest BCUT2D eigenvalue weighted by Gasteiger charge is 2.59. The number of allylic oxidation sites excluding steroid dienone is 2. The van der Waals surface area contributed by atoms with E-state index in [1.165, 1.54) is 11.3 Å². The summed E-state index contributed by atoms with van der Waals surface area (Å²) in [6.45, 7) is -0.219. The Morgan fingerprint density at radius 1 is 1.29 bits per heavy atom. The quantitative estimate of drug-likeness (QED) is 0.664. The summed E-state index contributed by atoms with van der Waals surface area (Å²) < 4.78 is 0. The van der Waals surface area contributed by atoms with E-state index in [4.69, 9.17) is 0 Å². The van der Waals surface area contributed by atoms with E-state index in [2.05, 4.69) is 10.3 Å². The number of rotatable bonds is 3. The van der Waals surface area contributed by atoms with Gasteiger partial charge < -0.3 is 5.32 Å². The predicted molar refractivity (Wildman–Crippen MR) is 75.2 cm³/mol. The first-order chi connectivity index (χ1) is 10.1. The predicted octanol–water partition coefficient (Wildman–Crippen LogP) is 0.889. The smallest absolute Gasteiger partial charge is 0.246 e. The van der Waals surface area contributed by atoms with Crippen LogP contribution in [0.15, 0.2) is 23.7 Å². The molecule has 21 heavy (non-hydrogen) atoms. The minimum Gasteiger partial charge on any atom is -0.300 e. The van der Waals surface area contributed by atoms with Gasteiger partial charge in [-0.25, -0.2) is 4.98 Å². The lowest BCUT2D eigenvalue weighted by molar-refractivity contribution is -0.143. The van der Waals surface area contributed by atoms with Crippen molar-refractivity contribution >= 4 is 34.2 Å². The number of aromatic nitrogens is 1. The Bertz CT molecular complexity index is 624. The number of carbonyl (C=O) groups excluding carboxylic acids is 3. The fourth-order valence-electron chi connectivity index (χ4n) is 3.71. The summed E-state index contributed by atoms with van der Waals surface area (Å²) in [5.74, 6) is -0.938. The summed E-state index contributed by atoms with van der Waals surface area (Å²) in [6, 6.07) is 0. The van der Waals surface area contributed by atoms with Crippen LogP contribution in [0.2, 0.25) is 0 Å². The second kappa shape index (κ2) is 4.49. The normalized spacial score (nSPS) is 32.9. The molecule has 1 saturated carbocycles. The molecule has 2 bridgehead atoms. The van der Waals surface area contributed by atoms with Crippen LogP contribution in [0.5, 0.6) is 0 Å². The van der Waals surface area contributed by atoms with Gasteiger partial charge in [-0.3, -0.25) is 19.3 Å². The first kappa shape index (κ1) is 12.7. The first-order valence-corrected chi connectivity index (χ1v) is 7.76. The molecule has 1 aromatic heterocycles. The lowest BCUT2D eigenvalue weighted by atomic mass is 9.85. The molecule has 1 saturated heterocycles. The Kier molecular flexibility index (Phi) is 2.72. The van der Waals surface area contributed by atoms with Crippen molar-refractivity contribution in [1.29, 1.82) is 0 Å². The van der Waals surface area contributed by atoms with E-state index in [1.54, 1.807) is 11.6 Å². The lowest BCUT2D eigenvalue weighted by Crippen LogP contribution is -2.39. The number of nitrogens with zero attached hydrogens (tertiary/aromatic N) is 2. The van der Waals surface area contributed by atoms with E-state index < -0.39 is 0 Å².